The molecule has 3 rings (SSSR count). The van der Waals surface area contributed by atoms with Gasteiger partial charge in [-0.25, -0.2) is 14.3 Å². The highest BCUT2D eigenvalue weighted by atomic mass is 16.5. The van der Waals surface area contributed by atoms with Crippen LogP contribution in [0, 0.1) is 13.8 Å². The second kappa shape index (κ2) is 7.30. The first-order chi connectivity index (χ1) is 13.2. The first kappa shape index (κ1) is 19.3. The first-order valence-electron chi connectivity index (χ1n) is 8.79. The summed E-state index contributed by atoms with van der Waals surface area (Å²) < 4.78 is 7.40. The fourth-order valence-electron chi connectivity index (χ4n) is 3.19. The second-order valence-electron chi connectivity index (χ2n) is 6.69. The topological polar surface area (TPSA) is 95.2 Å². The molecule has 0 fully saturated rings. The Morgan fingerprint density at radius 2 is 1.93 bits per heavy atom. The van der Waals surface area contributed by atoms with Crippen LogP contribution in [0.15, 0.2) is 39.9 Å². The molecule has 8 nitrogen and oxygen atoms in total. The molecule has 0 saturated carbocycles. The highest BCUT2D eigenvalue weighted by Gasteiger charge is 2.23. The summed E-state index contributed by atoms with van der Waals surface area (Å²) >= 11 is 0. The first-order valence-corrected chi connectivity index (χ1v) is 8.79. The van der Waals surface area contributed by atoms with Crippen molar-refractivity contribution in [1.82, 2.24) is 14.1 Å². The van der Waals surface area contributed by atoms with Crippen molar-refractivity contribution in [3.63, 3.8) is 0 Å². The van der Waals surface area contributed by atoms with Crippen LogP contribution in [0.25, 0.3) is 11.0 Å². The van der Waals surface area contributed by atoms with Crippen LogP contribution < -0.4 is 21.3 Å². The molecule has 28 heavy (non-hydrogen) atoms. The van der Waals surface area contributed by atoms with Crippen molar-refractivity contribution < 1.29 is 9.53 Å². The monoisotopic (exact) mass is 382 g/mol. The Morgan fingerprint density at radius 3 is 2.61 bits per heavy atom. The molecule has 0 aliphatic heterocycles. The molecule has 2 heterocycles. The average molecular weight is 382 g/mol. The number of rotatable bonds is 4. The Hall–Kier alpha value is -3.42. The van der Waals surface area contributed by atoms with Crippen molar-refractivity contribution in [2.24, 2.45) is 7.05 Å². The summed E-state index contributed by atoms with van der Waals surface area (Å²) in [7, 11) is 3.07. The largest absolute Gasteiger partial charge is 0.497 e. The van der Waals surface area contributed by atoms with Gasteiger partial charge in [-0.15, -0.1) is 0 Å². The minimum atomic E-state index is -1.01. The van der Waals surface area contributed by atoms with Crippen LogP contribution >= 0.6 is 0 Å². The summed E-state index contributed by atoms with van der Waals surface area (Å²) in [6.45, 7) is 5.10. The van der Waals surface area contributed by atoms with Crippen LogP contribution in [0.3, 0.4) is 0 Å². The number of fused-ring (bicyclic) bond motifs is 1. The molecule has 1 aromatic carbocycles. The van der Waals surface area contributed by atoms with Crippen molar-refractivity contribution in [2.45, 2.75) is 26.8 Å². The lowest BCUT2D eigenvalue weighted by Crippen LogP contribution is -2.44. The fourth-order valence-corrected chi connectivity index (χ4v) is 3.19. The molecule has 0 bridgehead atoms. The zero-order valence-corrected chi connectivity index (χ0v) is 16.4. The zero-order chi connectivity index (χ0) is 20.6. The van der Waals surface area contributed by atoms with Gasteiger partial charge in [-0.05, 0) is 44.5 Å². The van der Waals surface area contributed by atoms with Gasteiger partial charge in [-0.2, -0.15) is 0 Å². The van der Waals surface area contributed by atoms with Crippen molar-refractivity contribution in [2.75, 3.05) is 12.4 Å². The lowest BCUT2D eigenvalue weighted by Gasteiger charge is -2.17. The molecule has 0 radical (unpaired) electrons. The highest BCUT2D eigenvalue weighted by molar-refractivity contribution is 5.93. The van der Waals surface area contributed by atoms with Gasteiger partial charge in [-0.3, -0.25) is 14.2 Å². The van der Waals surface area contributed by atoms with E-state index in [0.29, 0.717) is 33.7 Å². The Bertz CT molecular complexity index is 1190. The molecule has 0 aliphatic rings. The number of nitrogens with one attached hydrogen (secondary N) is 1. The molecule has 146 valence electrons. The van der Waals surface area contributed by atoms with Crippen molar-refractivity contribution in [3.8, 4) is 5.75 Å². The number of amides is 1. The molecule has 3 aromatic rings. The van der Waals surface area contributed by atoms with E-state index >= 15 is 0 Å². The van der Waals surface area contributed by atoms with Crippen molar-refractivity contribution in [1.29, 1.82) is 0 Å². The molecule has 0 saturated heterocycles. The van der Waals surface area contributed by atoms with Crippen LogP contribution in [0.4, 0.5) is 5.69 Å². The average Bonchev–Trinajstić information content (AvgIpc) is 2.65. The van der Waals surface area contributed by atoms with Crippen LogP contribution in [0.1, 0.15) is 24.2 Å². The van der Waals surface area contributed by atoms with Gasteiger partial charge in [0.25, 0.3) is 5.56 Å². The van der Waals surface area contributed by atoms with Gasteiger partial charge in [0.05, 0.1) is 12.5 Å². The Labute approximate surface area is 161 Å². The Balaban J connectivity index is 2.08. The highest BCUT2D eigenvalue weighted by Crippen LogP contribution is 2.18. The number of carbonyl (C=O) groups is 1. The van der Waals surface area contributed by atoms with Gasteiger partial charge < -0.3 is 10.1 Å². The van der Waals surface area contributed by atoms with Crippen molar-refractivity contribution in [3.05, 3.63) is 62.4 Å². The predicted molar refractivity (Wildman–Crippen MR) is 107 cm³/mol. The van der Waals surface area contributed by atoms with E-state index < -0.39 is 23.2 Å². The van der Waals surface area contributed by atoms with Crippen LogP contribution in [-0.4, -0.2) is 27.1 Å². The number of anilines is 1. The minimum absolute atomic E-state index is 0.309. The van der Waals surface area contributed by atoms with Gasteiger partial charge in [-0.1, -0.05) is 6.07 Å². The second-order valence-corrected chi connectivity index (χ2v) is 6.69. The predicted octanol–water partition coefficient (Wildman–Crippen LogP) is 1.92. The van der Waals surface area contributed by atoms with Gasteiger partial charge in [0.2, 0.25) is 5.91 Å². The van der Waals surface area contributed by atoms with Gasteiger partial charge >= 0.3 is 5.69 Å². The van der Waals surface area contributed by atoms with E-state index in [1.54, 1.807) is 51.2 Å². The lowest BCUT2D eigenvalue weighted by molar-refractivity contribution is -0.119. The van der Waals surface area contributed by atoms with Gasteiger partial charge in [0.1, 0.15) is 17.4 Å². The number of methoxy groups -OCH3 is 1. The van der Waals surface area contributed by atoms with Crippen LogP contribution in [-0.2, 0) is 11.8 Å². The molecule has 8 heteroatoms. The molecule has 0 spiro atoms. The van der Waals surface area contributed by atoms with E-state index in [2.05, 4.69) is 10.3 Å². The van der Waals surface area contributed by atoms with Gasteiger partial charge in [0, 0.05) is 24.5 Å². The zero-order valence-electron chi connectivity index (χ0n) is 16.4. The van der Waals surface area contributed by atoms with Crippen LogP contribution in [0.2, 0.25) is 0 Å². The minimum Gasteiger partial charge on any atom is -0.497 e. The number of nitrogens with zero attached hydrogens (tertiary/aromatic N) is 3. The number of ether oxygens (including phenoxy) is 1. The fraction of sp³-hybridized carbons (Fsp3) is 0.300. The number of pyridine rings is 1. The number of benzene rings is 1. The summed E-state index contributed by atoms with van der Waals surface area (Å²) in [5.41, 5.74) is 1.11. The summed E-state index contributed by atoms with van der Waals surface area (Å²) in [6, 6.07) is 7.61. The molecule has 1 unspecified atom stereocenters. The Kier molecular flexibility index (Phi) is 5.04. The maximum absolute atomic E-state index is 13.0. The summed E-state index contributed by atoms with van der Waals surface area (Å²) in [5, 5.41) is 3.05. The summed E-state index contributed by atoms with van der Waals surface area (Å²) in [4.78, 5) is 42.9. The van der Waals surface area contributed by atoms with Crippen molar-refractivity contribution >= 4 is 22.6 Å². The molecule has 2 aromatic heterocycles. The summed E-state index contributed by atoms with van der Waals surface area (Å²) in [5.74, 6) is 0.103. The third-order valence-corrected chi connectivity index (χ3v) is 4.67. The lowest BCUT2D eigenvalue weighted by atomic mass is 10.1. The van der Waals surface area contributed by atoms with E-state index in [-0.39, 0.29) is 0 Å². The molecule has 1 atom stereocenters. The number of aromatic nitrogens is 3. The standard InChI is InChI=1S/C20H22N4O4/c1-11-9-12(2)21-17-16(11)19(26)24(20(27)23(17)4)13(3)18(25)22-14-7-6-8-15(10-14)28-5/h6-10,13H,1-5H3,(H,22,25). The van der Waals surface area contributed by atoms with E-state index in [0.717, 1.165) is 4.57 Å². The maximum atomic E-state index is 13.0. The van der Waals surface area contributed by atoms with E-state index in [1.807, 2.05) is 0 Å². The van der Waals surface area contributed by atoms with Gasteiger partial charge in [0.15, 0.2) is 0 Å². The third-order valence-electron chi connectivity index (χ3n) is 4.67. The molecule has 1 amide bonds. The SMILES string of the molecule is COc1cccc(NC(=O)C(C)n2c(=O)c3c(C)cc(C)nc3n(C)c2=O)c1. The Morgan fingerprint density at radius 1 is 1.21 bits per heavy atom. The smallest absolute Gasteiger partial charge is 0.333 e. The molecule has 0 aliphatic carbocycles. The van der Waals surface area contributed by atoms with E-state index in [4.69, 9.17) is 4.74 Å². The molecular weight excluding hydrogens is 360 g/mol. The third kappa shape index (κ3) is 3.28. The van der Waals surface area contributed by atoms with E-state index in [9.17, 15) is 14.4 Å². The summed E-state index contributed by atoms with van der Waals surface area (Å²) in [6.07, 6.45) is 0. The van der Waals surface area contributed by atoms with Crippen LogP contribution in [0.5, 0.6) is 5.75 Å². The number of carbonyl (C=O) groups excluding carboxylic acids is 1. The van der Waals surface area contributed by atoms with E-state index in [1.165, 1.54) is 18.6 Å². The number of aryl methyl sites for hydroxylation is 3. The number of hydrogen-bond acceptors (Lipinski definition) is 5. The molecule has 1 N–H and O–H groups in total. The normalized spacial score (nSPS) is 12.0. The maximum Gasteiger partial charge on any atom is 0.333 e. The molecular formula is C20H22N4O4. The quantitative estimate of drug-likeness (QED) is 0.744. The number of hydrogen-bond donors (Lipinski definition) is 1.